The Labute approximate surface area is 121 Å². The van der Waals surface area contributed by atoms with Gasteiger partial charge >= 0.3 is 0 Å². The summed E-state index contributed by atoms with van der Waals surface area (Å²) in [6.07, 6.45) is 4.34. The van der Waals surface area contributed by atoms with Crippen molar-refractivity contribution in [1.29, 1.82) is 0 Å². The van der Waals surface area contributed by atoms with Crippen LogP contribution >= 0.6 is 0 Å². The fourth-order valence-corrected chi connectivity index (χ4v) is 4.34. The number of nitrogens with zero attached hydrogens (tertiary/aromatic N) is 1. The van der Waals surface area contributed by atoms with E-state index in [1.54, 1.807) is 16.4 Å². The molecule has 0 unspecified atom stereocenters. The molecule has 1 aromatic rings. The van der Waals surface area contributed by atoms with Crippen LogP contribution < -0.4 is 5.73 Å². The zero-order valence-electron chi connectivity index (χ0n) is 11.9. The molecule has 2 saturated carbocycles. The molecule has 2 aliphatic carbocycles. The first kappa shape index (κ1) is 14.0. The van der Waals surface area contributed by atoms with Crippen molar-refractivity contribution in [2.75, 3.05) is 6.54 Å². The third-order valence-electron chi connectivity index (χ3n) is 4.24. The minimum atomic E-state index is -3.36. The Morgan fingerprint density at radius 2 is 1.95 bits per heavy atom. The Balaban J connectivity index is 1.92. The lowest BCUT2D eigenvalue weighted by Crippen LogP contribution is -2.35. The Hall–Kier alpha value is -0.910. The van der Waals surface area contributed by atoms with Gasteiger partial charge in [0.05, 0.1) is 4.90 Å². The SMILES string of the molecule is Cc1ccc(S(=O)(=O)N(CC2CC2)C2CC2)cc1CN. The van der Waals surface area contributed by atoms with E-state index >= 15 is 0 Å². The van der Waals surface area contributed by atoms with Gasteiger partial charge in [0.2, 0.25) is 10.0 Å². The van der Waals surface area contributed by atoms with Crippen LogP contribution in [0.3, 0.4) is 0 Å². The van der Waals surface area contributed by atoms with Gasteiger partial charge in [-0.05, 0) is 61.8 Å². The molecule has 0 atom stereocenters. The summed E-state index contributed by atoms with van der Waals surface area (Å²) in [5, 5.41) is 0. The molecule has 1 aromatic carbocycles. The highest BCUT2D eigenvalue weighted by atomic mass is 32.2. The van der Waals surface area contributed by atoms with Gasteiger partial charge in [0.1, 0.15) is 0 Å². The van der Waals surface area contributed by atoms with E-state index in [0.29, 0.717) is 23.9 Å². The summed E-state index contributed by atoms with van der Waals surface area (Å²) in [6, 6.07) is 5.54. The Bertz CT molecular complexity index is 604. The zero-order chi connectivity index (χ0) is 14.3. The van der Waals surface area contributed by atoms with Gasteiger partial charge in [-0.25, -0.2) is 8.42 Å². The lowest BCUT2D eigenvalue weighted by molar-refractivity contribution is 0.388. The zero-order valence-corrected chi connectivity index (χ0v) is 12.7. The monoisotopic (exact) mass is 294 g/mol. The Kier molecular flexibility index (Phi) is 3.60. The molecule has 5 heteroatoms. The van der Waals surface area contributed by atoms with Gasteiger partial charge in [-0.2, -0.15) is 4.31 Å². The van der Waals surface area contributed by atoms with Gasteiger partial charge in [-0.1, -0.05) is 6.07 Å². The Morgan fingerprint density at radius 1 is 1.25 bits per heavy atom. The van der Waals surface area contributed by atoms with E-state index < -0.39 is 10.0 Å². The highest BCUT2D eigenvalue weighted by Crippen LogP contribution is 2.38. The van der Waals surface area contributed by atoms with E-state index in [9.17, 15) is 8.42 Å². The molecule has 0 saturated heterocycles. The first-order valence-electron chi connectivity index (χ1n) is 7.34. The third kappa shape index (κ3) is 2.75. The predicted molar refractivity (Wildman–Crippen MR) is 78.7 cm³/mol. The van der Waals surface area contributed by atoms with Crippen LogP contribution in [0, 0.1) is 12.8 Å². The summed E-state index contributed by atoms with van der Waals surface area (Å²) < 4.78 is 27.4. The summed E-state index contributed by atoms with van der Waals surface area (Å²) >= 11 is 0. The second-order valence-corrected chi connectivity index (χ2v) is 7.93. The maximum atomic E-state index is 12.8. The fraction of sp³-hybridized carbons (Fsp3) is 0.600. The van der Waals surface area contributed by atoms with Crippen molar-refractivity contribution in [2.45, 2.75) is 50.1 Å². The quantitative estimate of drug-likeness (QED) is 0.873. The van der Waals surface area contributed by atoms with Crippen molar-refractivity contribution in [2.24, 2.45) is 11.7 Å². The standard InChI is InChI=1S/C15H22N2O2S/c1-11-2-7-15(8-13(11)9-16)20(18,19)17(14-5-6-14)10-12-3-4-12/h2,7-8,12,14H,3-6,9-10,16H2,1H3. The van der Waals surface area contributed by atoms with Crippen molar-refractivity contribution in [3.63, 3.8) is 0 Å². The molecule has 0 spiro atoms. The third-order valence-corrected chi connectivity index (χ3v) is 6.15. The highest BCUT2D eigenvalue weighted by molar-refractivity contribution is 7.89. The molecular weight excluding hydrogens is 272 g/mol. The Morgan fingerprint density at radius 3 is 2.50 bits per heavy atom. The van der Waals surface area contributed by atoms with Gasteiger partial charge in [0.15, 0.2) is 0 Å². The number of hydrogen-bond donors (Lipinski definition) is 1. The van der Waals surface area contributed by atoms with Crippen LogP contribution in [0.5, 0.6) is 0 Å². The molecule has 0 aromatic heterocycles. The molecule has 3 rings (SSSR count). The number of sulfonamides is 1. The topological polar surface area (TPSA) is 63.4 Å². The first-order chi connectivity index (χ1) is 9.52. The van der Waals surface area contributed by atoms with Crippen molar-refractivity contribution in [3.8, 4) is 0 Å². The maximum Gasteiger partial charge on any atom is 0.243 e. The molecule has 4 nitrogen and oxygen atoms in total. The number of hydrogen-bond acceptors (Lipinski definition) is 3. The molecule has 2 aliphatic rings. The average Bonchev–Trinajstić information content (AvgIpc) is 3.28. The molecule has 0 radical (unpaired) electrons. The predicted octanol–water partition coefficient (Wildman–Crippen LogP) is 2.02. The van der Waals surface area contributed by atoms with Gasteiger partial charge in [-0.3, -0.25) is 0 Å². The van der Waals surface area contributed by atoms with E-state index in [4.69, 9.17) is 5.73 Å². The molecule has 2 N–H and O–H groups in total. The smallest absolute Gasteiger partial charge is 0.243 e. The van der Waals surface area contributed by atoms with E-state index in [1.807, 2.05) is 13.0 Å². The minimum absolute atomic E-state index is 0.225. The lowest BCUT2D eigenvalue weighted by atomic mass is 10.1. The molecule has 0 bridgehead atoms. The van der Waals surface area contributed by atoms with Crippen LogP contribution in [-0.4, -0.2) is 25.3 Å². The van der Waals surface area contributed by atoms with Crippen molar-refractivity contribution in [1.82, 2.24) is 4.31 Å². The largest absolute Gasteiger partial charge is 0.326 e. The van der Waals surface area contributed by atoms with Gasteiger partial charge < -0.3 is 5.73 Å². The van der Waals surface area contributed by atoms with Gasteiger partial charge in [-0.15, -0.1) is 0 Å². The molecule has 2 fully saturated rings. The normalized spacial score (nSPS) is 19.6. The van der Waals surface area contributed by atoms with Crippen LogP contribution in [-0.2, 0) is 16.6 Å². The number of rotatable bonds is 6. The molecule has 20 heavy (non-hydrogen) atoms. The summed E-state index contributed by atoms with van der Waals surface area (Å²) in [7, 11) is -3.36. The van der Waals surface area contributed by atoms with Crippen LogP contribution in [0.4, 0.5) is 0 Å². The fourth-order valence-electron chi connectivity index (χ4n) is 2.52. The van der Waals surface area contributed by atoms with Crippen LogP contribution in [0.15, 0.2) is 23.1 Å². The van der Waals surface area contributed by atoms with Crippen LogP contribution in [0.2, 0.25) is 0 Å². The van der Waals surface area contributed by atoms with Gasteiger partial charge in [0, 0.05) is 19.1 Å². The molecular formula is C15H22N2O2S. The molecule has 110 valence electrons. The van der Waals surface area contributed by atoms with Crippen molar-refractivity contribution < 1.29 is 8.42 Å². The number of benzene rings is 1. The van der Waals surface area contributed by atoms with E-state index in [2.05, 4.69) is 0 Å². The molecule has 0 aliphatic heterocycles. The van der Waals surface area contributed by atoms with Crippen LogP contribution in [0.1, 0.15) is 36.8 Å². The lowest BCUT2D eigenvalue weighted by Gasteiger charge is -2.22. The van der Waals surface area contributed by atoms with Crippen molar-refractivity contribution >= 4 is 10.0 Å². The van der Waals surface area contributed by atoms with E-state index in [0.717, 1.165) is 24.0 Å². The second kappa shape index (κ2) is 5.13. The summed E-state index contributed by atoms with van der Waals surface area (Å²) in [5.74, 6) is 0.574. The number of aryl methyl sites for hydroxylation is 1. The highest BCUT2D eigenvalue weighted by Gasteiger charge is 2.41. The average molecular weight is 294 g/mol. The molecule has 0 amide bonds. The van der Waals surface area contributed by atoms with Crippen molar-refractivity contribution in [3.05, 3.63) is 29.3 Å². The summed E-state index contributed by atoms with van der Waals surface area (Å²) in [4.78, 5) is 0.399. The van der Waals surface area contributed by atoms with Crippen LogP contribution in [0.25, 0.3) is 0 Å². The maximum absolute atomic E-state index is 12.8. The summed E-state index contributed by atoms with van der Waals surface area (Å²) in [6.45, 7) is 3.03. The first-order valence-corrected chi connectivity index (χ1v) is 8.78. The second-order valence-electron chi connectivity index (χ2n) is 6.04. The van der Waals surface area contributed by atoms with E-state index in [1.165, 1.54) is 12.8 Å². The summed E-state index contributed by atoms with van der Waals surface area (Å²) in [5.41, 5.74) is 7.65. The van der Waals surface area contributed by atoms with E-state index in [-0.39, 0.29) is 6.04 Å². The van der Waals surface area contributed by atoms with Gasteiger partial charge in [0.25, 0.3) is 0 Å². The minimum Gasteiger partial charge on any atom is -0.326 e. The molecule has 0 heterocycles. The number of nitrogens with two attached hydrogens (primary N) is 1.